The summed E-state index contributed by atoms with van der Waals surface area (Å²) in [6.07, 6.45) is 0. The maximum absolute atomic E-state index is 13.2. The third-order valence-electron chi connectivity index (χ3n) is 4.73. The Hall–Kier alpha value is -3.13. The lowest BCUT2D eigenvalue weighted by Crippen LogP contribution is -2.37. The summed E-state index contributed by atoms with van der Waals surface area (Å²) >= 11 is 1.59. The molecule has 8 heteroatoms. The van der Waals surface area contributed by atoms with E-state index in [4.69, 9.17) is 4.74 Å². The van der Waals surface area contributed by atoms with Crippen LogP contribution >= 0.6 is 11.3 Å². The molecule has 0 saturated carbocycles. The highest BCUT2D eigenvalue weighted by atomic mass is 32.1. The first-order valence-electron chi connectivity index (χ1n) is 8.78. The van der Waals surface area contributed by atoms with Crippen molar-refractivity contribution in [2.75, 3.05) is 27.7 Å². The molecule has 0 saturated heterocycles. The van der Waals surface area contributed by atoms with E-state index in [-0.39, 0.29) is 18.4 Å². The van der Waals surface area contributed by atoms with E-state index in [0.29, 0.717) is 18.0 Å². The van der Waals surface area contributed by atoms with Crippen LogP contribution in [0.5, 0.6) is 5.75 Å². The van der Waals surface area contributed by atoms with Crippen molar-refractivity contribution >= 4 is 39.1 Å². The van der Waals surface area contributed by atoms with Gasteiger partial charge >= 0.3 is 0 Å². The second-order valence-corrected chi connectivity index (χ2v) is 7.66. The summed E-state index contributed by atoms with van der Waals surface area (Å²) in [5.41, 5.74) is 3.13. The zero-order valence-corrected chi connectivity index (χ0v) is 16.7. The number of amides is 2. The van der Waals surface area contributed by atoms with E-state index in [1.165, 1.54) is 9.91 Å². The average molecular weight is 396 g/mol. The molecule has 144 valence electrons. The number of carbonyl (C=O) groups excluding carboxylic acids is 2. The molecule has 0 fully saturated rings. The average Bonchev–Trinajstić information content (AvgIpc) is 3.25. The van der Waals surface area contributed by atoms with Gasteiger partial charge < -0.3 is 14.2 Å². The second kappa shape index (κ2) is 7.12. The maximum atomic E-state index is 13.2. The van der Waals surface area contributed by atoms with Gasteiger partial charge in [-0.25, -0.2) is 5.01 Å². The minimum Gasteiger partial charge on any atom is -0.497 e. The van der Waals surface area contributed by atoms with Gasteiger partial charge in [0.1, 0.15) is 18.0 Å². The van der Waals surface area contributed by atoms with Crippen LogP contribution in [0.25, 0.3) is 10.2 Å². The molecule has 1 aromatic carbocycles. The third kappa shape index (κ3) is 3.16. The van der Waals surface area contributed by atoms with E-state index in [1.807, 2.05) is 46.3 Å². The van der Waals surface area contributed by atoms with Crippen molar-refractivity contribution in [3.8, 4) is 5.75 Å². The smallest absolute Gasteiger partial charge is 0.291 e. The fourth-order valence-corrected chi connectivity index (χ4v) is 3.96. The fourth-order valence-electron chi connectivity index (χ4n) is 3.14. The Kier molecular flexibility index (Phi) is 4.64. The Bertz CT molecular complexity index is 1080. The van der Waals surface area contributed by atoms with E-state index in [9.17, 15) is 9.59 Å². The molecule has 0 spiro atoms. The first-order valence-corrected chi connectivity index (χ1v) is 9.66. The number of benzene rings is 1. The molecule has 28 heavy (non-hydrogen) atoms. The molecule has 1 aliphatic rings. The number of methoxy groups -OCH3 is 1. The number of likely N-dealkylation sites (N-methyl/N-ethyl adjacent to an activating group) is 1. The van der Waals surface area contributed by atoms with Crippen molar-refractivity contribution in [3.63, 3.8) is 0 Å². The van der Waals surface area contributed by atoms with Crippen LogP contribution in [-0.2, 0) is 11.3 Å². The molecule has 0 bridgehead atoms. The number of aromatic nitrogens is 1. The number of rotatable bonds is 4. The normalized spacial score (nSPS) is 13.9. The SMILES string of the molecule is COc1ccc(C2=NN(CC(=O)N(C)C)C(=O)c3cc4sccc4n3C2)cc1. The first-order chi connectivity index (χ1) is 13.5. The molecule has 3 heterocycles. The van der Waals surface area contributed by atoms with Crippen LogP contribution in [0.3, 0.4) is 0 Å². The molecule has 7 nitrogen and oxygen atoms in total. The Labute approximate surface area is 166 Å². The Morgan fingerprint density at radius 1 is 1.25 bits per heavy atom. The lowest BCUT2D eigenvalue weighted by atomic mass is 10.1. The Balaban J connectivity index is 1.81. The van der Waals surface area contributed by atoms with E-state index in [0.717, 1.165) is 21.5 Å². The molecular formula is C20H20N4O3S. The highest BCUT2D eigenvalue weighted by molar-refractivity contribution is 7.17. The number of fused-ring (bicyclic) bond motifs is 3. The molecule has 1 aliphatic heterocycles. The molecule has 0 unspecified atom stereocenters. The number of hydrazone groups is 1. The van der Waals surface area contributed by atoms with Crippen molar-refractivity contribution in [1.29, 1.82) is 0 Å². The minimum atomic E-state index is -0.276. The standard InChI is InChI=1S/C20H20N4O3S/c1-22(2)19(25)12-24-20(26)17-10-18-16(8-9-28-18)23(17)11-15(21-24)13-4-6-14(27-3)7-5-13/h4-10H,11-12H2,1-3H3. The van der Waals surface area contributed by atoms with Crippen LogP contribution in [0, 0.1) is 0 Å². The number of nitrogens with zero attached hydrogens (tertiary/aromatic N) is 4. The van der Waals surface area contributed by atoms with Gasteiger partial charge in [0, 0.05) is 14.1 Å². The third-order valence-corrected chi connectivity index (χ3v) is 5.59. The highest BCUT2D eigenvalue weighted by Crippen LogP contribution is 2.28. The van der Waals surface area contributed by atoms with E-state index >= 15 is 0 Å². The van der Waals surface area contributed by atoms with Crippen LogP contribution in [0.15, 0.2) is 46.9 Å². The summed E-state index contributed by atoms with van der Waals surface area (Å²) < 4.78 is 8.24. The van der Waals surface area contributed by atoms with E-state index in [1.54, 1.807) is 32.5 Å². The van der Waals surface area contributed by atoms with E-state index < -0.39 is 0 Å². The van der Waals surface area contributed by atoms with Crippen LogP contribution in [0.1, 0.15) is 16.1 Å². The minimum absolute atomic E-state index is 0.107. The molecule has 0 radical (unpaired) electrons. The summed E-state index contributed by atoms with van der Waals surface area (Å²) in [5, 5.41) is 7.85. The Morgan fingerprint density at radius 2 is 2.00 bits per heavy atom. The van der Waals surface area contributed by atoms with Crippen molar-refractivity contribution in [2.24, 2.45) is 5.10 Å². The van der Waals surface area contributed by atoms with Crippen molar-refractivity contribution in [2.45, 2.75) is 6.54 Å². The molecule has 0 aliphatic carbocycles. The zero-order valence-electron chi connectivity index (χ0n) is 15.9. The van der Waals surface area contributed by atoms with Gasteiger partial charge in [-0.2, -0.15) is 5.10 Å². The topological polar surface area (TPSA) is 67.1 Å². The highest BCUT2D eigenvalue weighted by Gasteiger charge is 2.28. The van der Waals surface area contributed by atoms with Crippen molar-refractivity contribution in [3.05, 3.63) is 53.0 Å². The summed E-state index contributed by atoms with van der Waals surface area (Å²) in [6.45, 7) is 0.338. The summed E-state index contributed by atoms with van der Waals surface area (Å²) in [5.74, 6) is 0.283. The summed E-state index contributed by atoms with van der Waals surface area (Å²) in [6, 6.07) is 11.4. The fraction of sp³-hybridized carbons (Fsp3) is 0.250. The van der Waals surface area contributed by atoms with Gasteiger partial charge in [0.15, 0.2) is 0 Å². The predicted molar refractivity (Wildman–Crippen MR) is 109 cm³/mol. The van der Waals surface area contributed by atoms with Gasteiger partial charge in [-0.15, -0.1) is 11.3 Å². The lowest BCUT2D eigenvalue weighted by molar-refractivity contribution is -0.129. The molecule has 2 amide bonds. The van der Waals surface area contributed by atoms with Crippen LogP contribution < -0.4 is 4.74 Å². The summed E-state index contributed by atoms with van der Waals surface area (Å²) in [4.78, 5) is 26.9. The number of thiophene rings is 1. The zero-order chi connectivity index (χ0) is 19.8. The van der Waals surface area contributed by atoms with Gasteiger partial charge in [-0.3, -0.25) is 9.59 Å². The van der Waals surface area contributed by atoms with Gasteiger partial charge in [-0.05, 0) is 47.3 Å². The lowest BCUT2D eigenvalue weighted by Gasteiger charge is -2.18. The van der Waals surface area contributed by atoms with Gasteiger partial charge in [0.25, 0.3) is 5.91 Å². The van der Waals surface area contributed by atoms with Gasteiger partial charge in [-0.1, -0.05) is 0 Å². The van der Waals surface area contributed by atoms with Crippen molar-refractivity contribution < 1.29 is 14.3 Å². The monoisotopic (exact) mass is 396 g/mol. The molecular weight excluding hydrogens is 376 g/mol. The number of ether oxygens (including phenoxy) is 1. The maximum Gasteiger partial charge on any atom is 0.291 e. The largest absolute Gasteiger partial charge is 0.497 e. The molecule has 2 aromatic heterocycles. The number of hydrogen-bond acceptors (Lipinski definition) is 5. The number of hydrogen-bond donors (Lipinski definition) is 0. The predicted octanol–water partition coefficient (Wildman–Crippen LogP) is 2.66. The summed E-state index contributed by atoms with van der Waals surface area (Å²) in [7, 11) is 4.94. The van der Waals surface area contributed by atoms with E-state index in [2.05, 4.69) is 5.10 Å². The molecule has 0 atom stereocenters. The second-order valence-electron chi connectivity index (χ2n) is 6.71. The van der Waals surface area contributed by atoms with Crippen LogP contribution in [-0.4, -0.2) is 59.8 Å². The van der Waals surface area contributed by atoms with Gasteiger partial charge in [0.2, 0.25) is 5.91 Å². The van der Waals surface area contributed by atoms with Crippen LogP contribution in [0.2, 0.25) is 0 Å². The van der Waals surface area contributed by atoms with Crippen molar-refractivity contribution in [1.82, 2.24) is 14.5 Å². The van der Waals surface area contributed by atoms with Crippen LogP contribution in [0.4, 0.5) is 0 Å². The molecule has 3 aromatic rings. The number of carbonyl (C=O) groups is 2. The Morgan fingerprint density at radius 3 is 2.68 bits per heavy atom. The van der Waals surface area contributed by atoms with Gasteiger partial charge in [0.05, 0.1) is 29.6 Å². The first kappa shape index (κ1) is 18.2. The quantitative estimate of drug-likeness (QED) is 0.681. The molecule has 4 rings (SSSR count). The molecule has 0 N–H and O–H groups in total.